The van der Waals surface area contributed by atoms with Gasteiger partial charge in [-0.25, -0.2) is 0 Å². The first-order chi connectivity index (χ1) is 9.44. The van der Waals surface area contributed by atoms with E-state index >= 15 is 0 Å². The van der Waals surface area contributed by atoms with Gasteiger partial charge in [0.05, 0.1) is 0 Å². The molecule has 0 bridgehead atoms. The summed E-state index contributed by atoms with van der Waals surface area (Å²) >= 11 is 5.31. The lowest BCUT2D eigenvalue weighted by Crippen LogP contribution is -2.25. The Labute approximate surface area is 134 Å². The van der Waals surface area contributed by atoms with Crippen molar-refractivity contribution in [3.63, 3.8) is 0 Å². The van der Waals surface area contributed by atoms with Crippen molar-refractivity contribution in [2.75, 3.05) is 0 Å². The summed E-state index contributed by atoms with van der Waals surface area (Å²) in [5.74, 6) is 0. The molecule has 0 saturated carbocycles. The average Bonchev–Trinajstić information content (AvgIpc) is 2.80. The van der Waals surface area contributed by atoms with Crippen LogP contribution in [0.1, 0.15) is 43.7 Å². The normalized spacial score (nSPS) is 13.4. The van der Waals surface area contributed by atoms with Crippen LogP contribution in [0, 0.1) is 5.41 Å². The Morgan fingerprint density at radius 1 is 1.20 bits per heavy atom. The van der Waals surface area contributed by atoms with Gasteiger partial charge in [-0.2, -0.15) is 0 Å². The van der Waals surface area contributed by atoms with Crippen LogP contribution >= 0.6 is 27.3 Å². The molecule has 1 atom stereocenters. The van der Waals surface area contributed by atoms with E-state index in [1.54, 1.807) is 11.3 Å². The van der Waals surface area contributed by atoms with E-state index < -0.39 is 0 Å². The summed E-state index contributed by atoms with van der Waals surface area (Å²) in [6, 6.07) is 13.3. The molecule has 1 N–H and O–H groups in total. The van der Waals surface area contributed by atoms with Crippen LogP contribution in [-0.4, -0.2) is 0 Å². The first-order valence-electron chi connectivity index (χ1n) is 6.95. The maximum absolute atomic E-state index is 3.71. The fraction of sp³-hybridized carbons (Fsp3) is 0.412. The minimum Gasteiger partial charge on any atom is -0.305 e. The van der Waals surface area contributed by atoms with E-state index in [0.29, 0.717) is 11.5 Å². The maximum atomic E-state index is 3.71. The van der Waals surface area contributed by atoms with Gasteiger partial charge < -0.3 is 5.32 Å². The Balaban J connectivity index is 2.07. The van der Waals surface area contributed by atoms with Gasteiger partial charge in [-0.3, -0.25) is 0 Å². The van der Waals surface area contributed by atoms with Crippen LogP contribution in [0.15, 0.2) is 46.3 Å². The van der Waals surface area contributed by atoms with E-state index in [1.165, 1.54) is 14.9 Å². The summed E-state index contributed by atoms with van der Waals surface area (Å²) in [6.07, 6.45) is 1.13. The Hall–Kier alpha value is -0.640. The van der Waals surface area contributed by atoms with Crippen LogP contribution in [0.3, 0.4) is 0 Å². The molecule has 1 unspecified atom stereocenters. The zero-order valence-electron chi connectivity index (χ0n) is 12.3. The quantitative estimate of drug-likeness (QED) is 0.719. The first kappa shape index (κ1) is 15.7. The van der Waals surface area contributed by atoms with Gasteiger partial charge in [-0.15, -0.1) is 11.3 Å². The highest BCUT2D eigenvalue weighted by molar-refractivity contribution is 9.10. The van der Waals surface area contributed by atoms with Crippen molar-refractivity contribution >= 4 is 27.3 Å². The molecule has 0 aliphatic carbocycles. The Morgan fingerprint density at radius 2 is 1.90 bits per heavy atom. The zero-order valence-corrected chi connectivity index (χ0v) is 14.7. The number of benzene rings is 1. The van der Waals surface area contributed by atoms with Crippen molar-refractivity contribution < 1.29 is 0 Å². The van der Waals surface area contributed by atoms with Crippen molar-refractivity contribution in [2.45, 2.75) is 39.8 Å². The molecule has 0 saturated heterocycles. The monoisotopic (exact) mass is 351 g/mol. The van der Waals surface area contributed by atoms with Crippen molar-refractivity contribution in [1.82, 2.24) is 5.32 Å². The molecular weight excluding hydrogens is 330 g/mol. The molecule has 3 heteroatoms. The molecule has 0 amide bonds. The number of rotatable bonds is 5. The molecule has 1 nitrogen and oxygen atoms in total. The van der Waals surface area contributed by atoms with E-state index in [9.17, 15) is 0 Å². The number of nitrogens with one attached hydrogen (secondary N) is 1. The number of thiophene rings is 1. The average molecular weight is 352 g/mol. The molecule has 0 spiro atoms. The third kappa shape index (κ3) is 5.04. The van der Waals surface area contributed by atoms with E-state index in [0.717, 1.165) is 13.0 Å². The largest absolute Gasteiger partial charge is 0.305 e. The number of hydrogen-bond donors (Lipinski definition) is 1. The first-order valence-corrected chi connectivity index (χ1v) is 8.62. The van der Waals surface area contributed by atoms with Crippen LogP contribution in [0.4, 0.5) is 0 Å². The fourth-order valence-electron chi connectivity index (χ4n) is 2.28. The van der Waals surface area contributed by atoms with Crippen molar-refractivity contribution in [3.05, 3.63) is 56.7 Å². The molecule has 0 aliphatic heterocycles. The van der Waals surface area contributed by atoms with Crippen LogP contribution in [0.25, 0.3) is 0 Å². The van der Waals surface area contributed by atoms with Crippen molar-refractivity contribution in [3.8, 4) is 0 Å². The predicted molar refractivity (Wildman–Crippen MR) is 92.1 cm³/mol. The Morgan fingerprint density at radius 3 is 2.45 bits per heavy atom. The zero-order chi connectivity index (χ0) is 14.6. The van der Waals surface area contributed by atoms with E-state index in [1.807, 2.05) is 0 Å². The van der Waals surface area contributed by atoms with Gasteiger partial charge in [0.1, 0.15) is 0 Å². The van der Waals surface area contributed by atoms with E-state index in [4.69, 9.17) is 0 Å². The molecule has 0 fully saturated rings. The van der Waals surface area contributed by atoms with Crippen molar-refractivity contribution in [2.24, 2.45) is 5.41 Å². The third-order valence-electron chi connectivity index (χ3n) is 3.16. The lowest BCUT2D eigenvalue weighted by atomic mass is 9.85. The second-order valence-corrected chi connectivity index (χ2v) is 8.25. The minimum atomic E-state index is 0.309. The third-order valence-corrected chi connectivity index (χ3v) is 4.86. The SMILES string of the molecule is CC(C)(C)CC(NCc1cc(Br)cs1)c1ccccc1. The van der Waals surface area contributed by atoms with Gasteiger partial charge in [-0.1, -0.05) is 51.1 Å². The van der Waals surface area contributed by atoms with Gasteiger partial charge >= 0.3 is 0 Å². The van der Waals surface area contributed by atoms with Crippen LogP contribution in [0.2, 0.25) is 0 Å². The second kappa shape index (κ2) is 6.88. The molecule has 0 aliphatic rings. The van der Waals surface area contributed by atoms with Gasteiger partial charge in [0.2, 0.25) is 0 Å². The number of halogens is 1. The summed E-state index contributed by atoms with van der Waals surface area (Å²) < 4.78 is 1.17. The lowest BCUT2D eigenvalue weighted by molar-refractivity contribution is 0.310. The Kier molecular flexibility index (Phi) is 5.42. The standard InChI is InChI=1S/C17H22BrNS/c1-17(2,3)10-16(13-7-5-4-6-8-13)19-11-15-9-14(18)12-20-15/h4-9,12,16,19H,10-11H2,1-3H3. The van der Waals surface area contributed by atoms with Crippen LogP contribution < -0.4 is 5.32 Å². The lowest BCUT2D eigenvalue weighted by Gasteiger charge is -2.27. The molecule has 108 valence electrons. The van der Waals surface area contributed by atoms with E-state index in [-0.39, 0.29) is 0 Å². The van der Waals surface area contributed by atoms with Gasteiger partial charge in [0.25, 0.3) is 0 Å². The molecule has 20 heavy (non-hydrogen) atoms. The van der Waals surface area contributed by atoms with Crippen LogP contribution in [0.5, 0.6) is 0 Å². The molecular formula is C17H22BrNS. The minimum absolute atomic E-state index is 0.309. The smallest absolute Gasteiger partial charge is 0.0328 e. The van der Waals surface area contributed by atoms with Gasteiger partial charge in [0.15, 0.2) is 0 Å². The van der Waals surface area contributed by atoms with Gasteiger partial charge in [0, 0.05) is 27.3 Å². The summed E-state index contributed by atoms with van der Waals surface area (Å²) in [6.45, 7) is 7.82. The highest BCUT2D eigenvalue weighted by Gasteiger charge is 2.19. The number of hydrogen-bond acceptors (Lipinski definition) is 2. The highest BCUT2D eigenvalue weighted by atomic mass is 79.9. The summed E-state index contributed by atoms with van der Waals surface area (Å²) in [5.41, 5.74) is 1.68. The van der Waals surface area contributed by atoms with Crippen LogP contribution in [-0.2, 0) is 6.54 Å². The molecule has 2 aromatic rings. The topological polar surface area (TPSA) is 12.0 Å². The molecule has 2 rings (SSSR count). The fourth-order valence-corrected chi connectivity index (χ4v) is 3.68. The second-order valence-electron chi connectivity index (χ2n) is 6.34. The summed E-state index contributed by atoms with van der Waals surface area (Å²) in [7, 11) is 0. The summed E-state index contributed by atoms with van der Waals surface area (Å²) in [4.78, 5) is 1.37. The molecule has 0 radical (unpaired) electrons. The molecule has 1 aromatic carbocycles. The van der Waals surface area contributed by atoms with Crippen molar-refractivity contribution in [1.29, 1.82) is 0 Å². The summed E-state index contributed by atoms with van der Waals surface area (Å²) in [5, 5.41) is 5.85. The maximum Gasteiger partial charge on any atom is 0.0328 e. The Bertz CT molecular complexity index is 527. The molecule has 1 aromatic heterocycles. The highest BCUT2D eigenvalue weighted by Crippen LogP contribution is 2.30. The predicted octanol–water partition coefficient (Wildman–Crippen LogP) is 5.78. The van der Waals surface area contributed by atoms with Gasteiger partial charge in [-0.05, 0) is 39.4 Å². The molecule has 1 heterocycles. The van der Waals surface area contributed by atoms with E-state index in [2.05, 4.69) is 83.8 Å².